The van der Waals surface area contributed by atoms with E-state index in [2.05, 4.69) is 5.32 Å². The zero-order valence-electron chi connectivity index (χ0n) is 12.7. The van der Waals surface area contributed by atoms with Gasteiger partial charge >= 0.3 is 5.97 Å². The quantitative estimate of drug-likeness (QED) is 0.543. The van der Waals surface area contributed by atoms with Crippen molar-refractivity contribution in [1.82, 2.24) is 5.32 Å². The number of methoxy groups -OCH3 is 1. The molecule has 0 bridgehead atoms. The van der Waals surface area contributed by atoms with Crippen molar-refractivity contribution < 1.29 is 19.0 Å². The summed E-state index contributed by atoms with van der Waals surface area (Å²) >= 11 is 0. The third-order valence-electron chi connectivity index (χ3n) is 4.13. The highest BCUT2D eigenvalue weighted by atomic mass is 16.5. The Labute approximate surface area is 121 Å². The lowest BCUT2D eigenvalue weighted by atomic mass is 9.79. The van der Waals surface area contributed by atoms with E-state index in [1.165, 1.54) is 7.11 Å². The van der Waals surface area contributed by atoms with Crippen molar-refractivity contribution in [3.63, 3.8) is 0 Å². The zero-order valence-corrected chi connectivity index (χ0v) is 12.7. The minimum atomic E-state index is -0.537. The fraction of sp³-hybridized carbons (Fsp3) is 0.933. The molecule has 0 aliphatic heterocycles. The lowest BCUT2D eigenvalue weighted by Crippen LogP contribution is -2.57. The van der Waals surface area contributed by atoms with E-state index in [1.54, 1.807) is 0 Å². The van der Waals surface area contributed by atoms with E-state index in [4.69, 9.17) is 14.2 Å². The number of carbonyl (C=O) groups is 1. The molecule has 2 atom stereocenters. The number of esters is 1. The molecule has 0 spiro atoms. The fourth-order valence-electron chi connectivity index (χ4n) is 2.97. The van der Waals surface area contributed by atoms with Gasteiger partial charge in [0.15, 0.2) is 0 Å². The van der Waals surface area contributed by atoms with Gasteiger partial charge in [-0.1, -0.05) is 0 Å². The first-order valence-corrected chi connectivity index (χ1v) is 7.75. The molecule has 2 unspecified atom stereocenters. The van der Waals surface area contributed by atoms with Crippen molar-refractivity contribution in [3.05, 3.63) is 0 Å². The van der Waals surface area contributed by atoms with Crippen molar-refractivity contribution in [3.8, 4) is 0 Å². The van der Waals surface area contributed by atoms with Gasteiger partial charge in [-0.25, -0.2) is 0 Å². The molecule has 0 aromatic rings. The molecular weight excluding hydrogens is 258 g/mol. The number of carbonyl (C=O) groups excluding carboxylic acids is 1. The molecule has 0 amide bonds. The highest BCUT2D eigenvalue weighted by Crippen LogP contribution is 2.34. The molecule has 5 nitrogen and oxygen atoms in total. The van der Waals surface area contributed by atoms with E-state index in [1.807, 2.05) is 6.92 Å². The van der Waals surface area contributed by atoms with Gasteiger partial charge in [0.05, 0.1) is 26.4 Å². The molecule has 2 aliphatic carbocycles. The standard InChI is InChI=1S/C15H27NO4/c1-3-19-9-10-20-13-5-4-8-15(11-13,14(17)18-2)16-12-6-7-12/h12-13,16H,3-11H2,1-2H3. The lowest BCUT2D eigenvalue weighted by molar-refractivity contribution is -0.153. The highest BCUT2D eigenvalue weighted by Gasteiger charge is 2.46. The van der Waals surface area contributed by atoms with Crippen molar-refractivity contribution in [2.45, 2.75) is 63.1 Å². The van der Waals surface area contributed by atoms with Gasteiger partial charge in [0.1, 0.15) is 5.54 Å². The van der Waals surface area contributed by atoms with Crippen LogP contribution in [0.1, 0.15) is 45.4 Å². The van der Waals surface area contributed by atoms with Crippen LogP contribution in [0.25, 0.3) is 0 Å². The molecule has 0 aromatic heterocycles. The Morgan fingerprint density at radius 1 is 1.30 bits per heavy atom. The van der Waals surface area contributed by atoms with Gasteiger partial charge in [0, 0.05) is 19.1 Å². The van der Waals surface area contributed by atoms with Gasteiger partial charge in [-0.05, 0) is 39.0 Å². The van der Waals surface area contributed by atoms with Gasteiger partial charge in [0.25, 0.3) is 0 Å². The Morgan fingerprint density at radius 2 is 2.10 bits per heavy atom. The smallest absolute Gasteiger partial charge is 0.326 e. The summed E-state index contributed by atoms with van der Waals surface area (Å²) in [5.74, 6) is -0.137. The van der Waals surface area contributed by atoms with E-state index in [0.717, 1.165) is 32.1 Å². The first-order chi connectivity index (χ1) is 9.70. The van der Waals surface area contributed by atoms with Crippen LogP contribution in [0.5, 0.6) is 0 Å². The van der Waals surface area contributed by atoms with Crippen LogP contribution in [0.15, 0.2) is 0 Å². The van der Waals surface area contributed by atoms with E-state index in [9.17, 15) is 4.79 Å². The van der Waals surface area contributed by atoms with Crippen LogP contribution in [-0.4, -0.2) is 50.6 Å². The number of rotatable bonds is 8. The second-order valence-corrected chi connectivity index (χ2v) is 5.78. The molecule has 5 heteroatoms. The van der Waals surface area contributed by atoms with Crippen molar-refractivity contribution in [2.24, 2.45) is 0 Å². The van der Waals surface area contributed by atoms with Crippen LogP contribution in [0.4, 0.5) is 0 Å². The predicted octanol–water partition coefficient (Wildman–Crippen LogP) is 1.65. The topological polar surface area (TPSA) is 56.8 Å². The summed E-state index contributed by atoms with van der Waals surface area (Å²) in [6.07, 6.45) is 6.01. The fourth-order valence-corrected chi connectivity index (χ4v) is 2.97. The molecule has 20 heavy (non-hydrogen) atoms. The maximum absolute atomic E-state index is 12.2. The van der Waals surface area contributed by atoms with Gasteiger partial charge in [0.2, 0.25) is 0 Å². The van der Waals surface area contributed by atoms with Gasteiger partial charge in [-0.3, -0.25) is 10.1 Å². The molecule has 0 heterocycles. The van der Waals surface area contributed by atoms with Crippen molar-refractivity contribution >= 4 is 5.97 Å². The normalized spacial score (nSPS) is 30.2. The molecule has 2 rings (SSSR count). The third-order valence-corrected chi connectivity index (χ3v) is 4.13. The Balaban J connectivity index is 1.88. The SMILES string of the molecule is CCOCCOC1CCCC(NC2CC2)(C(=O)OC)C1. The predicted molar refractivity (Wildman–Crippen MR) is 75.6 cm³/mol. The van der Waals surface area contributed by atoms with Gasteiger partial charge < -0.3 is 14.2 Å². The number of ether oxygens (including phenoxy) is 3. The van der Waals surface area contributed by atoms with E-state index < -0.39 is 5.54 Å². The molecule has 1 N–H and O–H groups in total. The molecule has 0 saturated heterocycles. The summed E-state index contributed by atoms with van der Waals surface area (Å²) in [6, 6.07) is 0.483. The minimum absolute atomic E-state index is 0.120. The van der Waals surface area contributed by atoms with Gasteiger partial charge in [-0.15, -0.1) is 0 Å². The Hall–Kier alpha value is -0.650. The summed E-state index contributed by atoms with van der Waals surface area (Å²) in [7, 11) is 1.47. The van der Waals surface area contributed by atoms with E-state index in [-0.39, 0.29) is 12.1 Å². The second kappa shape index (κ2) is 7.38. The molecule has 0 radical (unpaired) electrons. The summed E-state index contributed by atoms with van der Waals surface area (Å²) in [5, 5.41) is 3.50. The maximum atomic E-state index is 12.2. The molecule has 0 aromatic carbocycles. The average Bonchev–Trinajstić information content (AvgIpc) is 3.27. The van der Waals surface area contributed by atoms with E-state index >= 15 is 0 Å². The first kappa shape index (κ1) is 15.7. The van der Waals surface area contributed by atoms with Crippen LogP contribution >= 0.6 is 0 Å². The molecule has 2 aliphatic rings. The Bertz CT molecular complexity index is 319. The van der Waals surface area contributed by atoms with Crippen molar-refractivity contribution in [1.29, 1.82) is 0 Å². The molecule has 2 saturated carbocycles. The summed E-state index contributed by atoms with van der Waals surface area (Å²) < 4.78 is 16.2. The molecular formula is C15H27NO4. The number of hydrogen-bond donors (Lipinski definition) is 1. The first-order valence-electron chi connectivity index (χ1n) is 7.75. The molecule has 2 fully saturated rings. The number of hydrogen-bond acceptors (Lipinski definition) is 5. The Kier molecular flexibility index (Phi) is 5.81. The maximum Gasteiger partial charge on any atom is 0.326 e. The lowest BCUT2D eigenvalue weighted by Gasteiger charge is -2.39. The van der Waals surface area contributed by atoms with Crippen LogP contribution in [-0.2, 0) is 19.0 Å². The minimum Gasteiger partial charge on any atom is -0.468 e. The monoisotopic (exact) mass is 285 g/mol. The van der Waals surface area contributed by atoms with Crippen LogP contribution in [0.3, 0.4) is 0 Å². The van der Waals surface area contributed by atoms with E-state index in [0.29, 0.717) is 32.3 Å². The van der Waals surface area contributed by atoms with Crippen LogP contribution in [0, 0.1) is 0 Å². The second-order valence-electron chi connectivity index (χ2n) is 5.78. The largest absolute Gasteiger partial charge is 0.468 e. The third kappa shape index (κ3) is 4.17. The molecule has 116 valence electrons. The zero-order chi connectivity index (χ0) is 14.4. The highest BCUT2D eigenvalue weighted by molar-refractivity contribution is 5.81. The van der Waals surface area contributed by atoms with Crippen LogP contribution in [0.2, 0.25) is 0 Å². The summed E-state index contributed by atoms with van der Waals surface area (Å²) in [5.41, 5.74) is -0.537. The van der Waals surface area contributed by atoms with Gasteiger partial charge in [-0.2, -0.15) is 0 Å². The average molecular weight is 285 g/mol. The number of nitrogens with one attached hydrogen (secondary N) is 1. The summed E-state index contributed by atoms with van der Waals surface area (Å²) in [4.78, 5) is 12.2. The van der Waals surface area contributed by atoms with Crippen molar-refractivity contribution in [2.75, 3.05) is 26.9 Å². The van der Waals surface area contributed by atoms with Crippen LogP contribution < -0.4 is 5.32 Å². The summed E-state index contributed by atoms with van der Waals surface area (Å²) in [6.45, 7) is 3.90. The Morgan fingerprint density at radius 3 is 2.75 bits per heavy atom.